The monoisotopic (exact) mass is 399 g/mol. The number of thioether (sulfide) groups is 1. The van der Waals surface area contributed by atoms with Crippen LogP contribution in [0.2, 0.25) is 0 Å². The van der Waals surface area contributed by atoms with Gasteiger partial charge in [0.15, 0.2) is 5.78 Å². The van der Waals surface area contributed by atoms with Gasteiger partial charge in [-0.1, -0.05) is 6.07 Å². The van der Waals surface area contributed by atoms with Crippen molar-refractivity contribution in [1.29, 1.82) is 0 Å². The summed E-state index contributed by atoms with van der Waals surface area (Å²) < 4.78 is 5.38. The lowest BCUT2D eigenvalue weighted by molar-refractivity contribution is -0.128. The number of pyridine rings is 1. The molecule has 1 aliphatic rings. The van der Waals surface area contributed by atoms with Crippen LogP contribution in [0, 0.1) is 0 Å². The van der Waals surface area contributed by atoms with Crippen LogP contribution in [0.15, 0.2) is 42.6 Å². The summed E-state index contributed by atoms with van der Waals surface area (Å²) in [7, 11) is 1.61. The van der Waals surface area contributed by atoms with Crippen molar-refractivity contribution in [2.75, 3.05) is 43.9 Å². The Bertz CT molecular complexity index is 821. The number of hydrogen-bond acceptors (Lipinski definition) is 6. The number of carbonyl (C=O) groups excluding carboxylic acids is 2. The summed E-state index contributed by atoms with van der Waals surface area (Å²) in [5.74, 6) is 2.92. The lowest BCUT2D eigenvalue weighted by Gasteiger charge is -2.35. The molecule has 148 valence electrons. The number of methoxy groups -OCH3 is 1. The van der Waals surface area contributed by atoms with E-state index in [1.54, 1.807) is 38.1 Å². The Labute approximate surface area is 169 Å². The zero-order chi connectivity index (χ0) is 19.9. The van der Waals surface area contributed by atoms with Gasteiger partial charge in [0.2, 0.25) is 5.91 Å². The molecule has 3 rings (SSSR count). The maximum atomic E-state index is 12.5. The number of rotatable bonds is 7. The largest absolute Gasteiger partial charge is 0.496 e. The van der Waals surface area contributed by atoms with Crippen LogP contribution in [0.25, 0.3) is 0 Å². The highest BCUT2D eigenvalue weighted by Crippen LogP contribution is 2.25. The maximum absolute atomic E-state index is 12.5. The molecule has 0 spiro atoms. The summed E-state index contributed by atoms with van der Waals surface area (Å²) in [6, 6.07) is 11.3. The fourth-order valence-electron chi connectivity index (χ4n) is 3.18. The number of ketones is 1. The molecule has 0 atom stereocenters. The van der Waals surface area contributed by atoms with Gasteiger partial charge in [-0.05, 0) is 37.3 Å². The molecule has 0 N–H and O–H groups in total. The quantitative estimate of drug-likeness (QED) is 0.667. The summed E-state index contributed by atoms with van der Waals surface area (Å²) >= 11 is 1.55. The molecule has 1 amide bonds. The predicted molar refractivity (Wildman–Crippen MR) is 112 cm³/mol. The molecule has 1 aliphatic heterocycles. The number of ether oxygens (including phenoxy) is 1. The van der Waals surface area contributed by atoms with Crippen LogP contribution in [-0.4, -0.2) is 60.6 Å². The Hall–Kier alpha value is -2.54. The molecule has 28 heavy (non-hydrogen) atoms. The average molecular weight is 400 g/mol. The second kappa shape index (κ2) is 9.59. The van der Waals surface area contributed by atoms with Crippen molar-refractivity contribution < 1.29 is 14.3 Å². The normalized spacial score (nSPS) is 14.1. The number of hydrogen-bond donors (Lipinski definition) is 0. The van der Waals surface area contributed by atoms with E-state index in [-0.39, 0.29) is 11.7 Å². The highest BCUT2D eigenvalue weighted by atomic mass is 32.2. The number of carbonyl (C=O) groups is 2. The van der Waals surface area contributed by atoms with E-state index in [1.165, 1.54) is 0 Å². The Morgan fingerprint density at radius 3 is 2.57 bits per heavy atom. The van der Waals surface area contributed by atoms with Crippen LogP contribution in [0.5, 0.6) is 5.75 Å². The van der Waals surface area contributed by atoms with Crippen LogP contribution in [0.3, 0.4) is 0 Å². The van der Waals surface area contributed by atoms with Gasteiger partial charge in [0.05, 0.1) is 12.9 Å². The zero-order valence-corrected chi connectivity index (χ0v) is 17.1. The first-order valence-corrected chi connectivity index (χ1v) is 10.4. The molecule has 0 saturated carbocycles. The van der Waals surface area contributed by atoms with E-state index in [0.717, 1.165) is 30.2 Å². The van der Waals surface area contributed by atoms with E-state index in [9.17, 15) is 9.59 Å². The molecule has 1 aromatic carbocycles. The van der Waals surface area contributed by atoms with Crippen LogP contribution >= 0.6 is 11.8 Å². The number of amides is 1. The van der Waals surface area contributed by atoms with Gasteiger partial charge in [-0.25, -0.2) is 4.98 Å². The van der Waals surface area contributed by atoms with Crippen LogP contribution in [0.4, 0.5) is 5.82 Å². The smallest absolute Gasteiger partial charge is 0.232 e. The summed E-state index contributed by atoms with van der Waals surface area (Å²) in [5.41, 5.74) is 1.60. The second-order valence-corrected chi connectivity index (χ2v) is 7.62. The maximum Gasteiger partial charge on any atom is 0.232 e. The van der Waals surface area contributed by atoms with Crippen LogP contribution < -0.4 is 9.64 Å². The number of anilines is 1. The van der Waals surface area contributed by atoms with Gasteiger partial charge >= 0.3 is 0 Å². The molecule has 1 aromatic heterocycles. The van der Waals surface area contributed by atoms with E-state index >= 15 is 0 Å². The van der Waals surface area contributed by atoms with E-state index < -0.39 is 0 Å². The van der Waals surface area contributed by atoms with Crippen LogP contribution in [0.1, 0.15) is 22.8 Å². The molecule has 1 saturated heterocycles. The standard InChI is InChI=1S/C21H25N3O3S/c1-16(25)17-6-7-19(27-2)18(13-17)14-28-15-21(26)24-11-9-23(10-12-24)20-5-3-4-8-22-20/h3-8,13H,9-12,14-15H2,1-2H3. The Morgan fingerprint density at radius 2 is 1.93 bits per heavy atom. The van der Waals surface area contributed by atoms with Crippen molar-refractivity contribution in [2.24, 2.45) is 0 Å². The van der Waals surface area contributed by atoms with Gasteiger partial charge in [0.25, 0.3) is 0 Å². The number of nitrogens with zero attached hydrogens (tertiary/aromatic N) is 3. The molecule has 0 radical (unpaired) electrons. The minimum atomic E-state index is 0.0238. The van der Waals surface area contributed by atoms with E-state index in [0.29, 0.717) is 30.2 Å². The minimum absolute atomic E-state index is 0.0238. The molecule has 0 bridgehead atoms. The van der Waals surface area contributed by atoms with Gasteiger partial charge in [-0.3, -0.25) is 9.59 Å². The first-order chi connectivity index (χ1) is 13.6. The Kier molecular flexibility index (Phi) is 6.92. The van der Waals surface area contributed by atoms with Crippen molar-refractivity contribution in [3.8, 4) is 5.75 Å². The van der Waals surface area contributed by atoms with Crippen molar-refractivity contribution in [1.82, 2.24) is 9.88 Å². The van der Waals surface area contributed by atoms with Gasteiger partial charge in [-0.2, -0.15) is 0 Å². The molecular weight excluding hydrogens is 374 g/mol. The van der Waals surface area contributed by atoms with Gasteiger partial charge in [-0.15, -0.1) is 11.8 Å². The molecule has 7 heteroatoms. The van der Waals surface area contributed by atoms with Crippen LogP contribution in [-0.2, 0) is 10.5 Å². The lowest BCUT2D eigenvalue weighted by Crippen LogP contribution is -2.49. The molecule has 0 aliphatic carbocycles. The van der Waals surface area contributed by atoms with Gasteiger partial charge in [0.1, 0.15) is 11.6 Å². The third-order valence-corrected chi connectivity index (χ3v) is 5.74. The lowest BCUT2D eigenvalue weighted by atomic mass is 10.1. The van der Waals surface area contributed by atoms with E-state index in [2.05, 4.69) is 9.88 Å². The highest BCUT2D eigenvalue weighted by Gasteiger charge is 2.21. The molecule has 1 fully saturated rings. The van der Waals surface area contributed by atoms with Crippen molar-refractivity contribution in [3.05, 3.63) is 53.7 Å². The molecular formula is C21H25N3O3S. The number of piperazine rings is 1. The average Bonchev–Trinajstić information content (AvgIpc) is 2.74. The highest BCUT2D eigenvalue weighted by molar-refractivity contribution is 7.99. The Morgan fingerprint density at radius 1 is 1.14 bits per heavy atom. The summed E-state index contributed by atoms with van der Waals surface area (Å²) in [5, 5.41) is 0. The molecule has 6 nitrogen and oxygen atoms in total. The first-order valence-electron chi connectivity index (χ1n) is 9.28. The molecule has 0 unspecified atom stereocenters. The Balaban J connectivity index is 1.49. The molecule has 2 heterocycles. The number of Topliss-reactive ketones (excluding diaryl/α,β-unsaturated/α-hetero) is 1. The third kappa shape index (κ3) is 5.04. The fourth-order valence-corrected chi connectivity index (χ4v) is 4.08. The summed E-state index contributed by atoms with van der Waals surface area (Å²) in [6.07, 6.45) is 1.79. The minimum Gasteiger partial charge on any atom is -0.496 e. The fraction of sp³-hybridized carbons (Fsp3) is 0.381. The zero-order valence-electron chi connectivity index (χ0n) is 16.3. The number of benzene rings is 1. The number of aromatic nitrogens is 1. The predicted octanol–water partition coefficient (Wildman–Crippen LogP) is 2.87. The summed E-state index contributed by atoms with van der Waals surface area (Å²) in [4.78, 5) is 32.6. The molecule has 2 aromatic rings. The second-order valence-electron chi connectivity index (χ2n) is 6.63. The topological polar surface area (TPSA) is 62.7 Å². The first kappa shape index (κ1) is 20.2. The SMILES string of the molecule is COc1ccc(C(C)=O)cc1CSCC(=O)N1CCN(c2ccccn2)CC1. The van der Waals surface area contributed by atoms with E-state index in [4.69, 9.17) is 4.74 Å². The third-order valence-electron chi connectivity index (χ3n) is 4.78. The van der Waals surface area contributed by atoms with Crippen molar-refractivity contribution >= 4 is 29.3 Å². The van der Waals surface area contributed by atoms with Crippen molar-refractivity contribution in [2.45, 2.75) is 12.7 Å². The summed E-state index contributed by atoms with van der Waals surface area (Å²) in [6.45, 7) is 4.55. The van der Waals surface area contributed by atoms with Gasteiger partial charge < -0.3 is 14.5 Å². The van der Waals surface area contributed by atoms with E-state index in [1.807, 2.05) is 35.2 Å². The van der Waals surface area contributed by atoms with Gasteiger partial charge in [0, 0.05) is 49.3 Å². The van der Waals surface area contributed by atoms with Crippen molar-refractivity contribution in [3.63, 3.8) is 0 Å².